The minimum Gasteiger partial charge on any atom is -0.316 e. The van der Waals surface area contributed by atoms with Crippen LogP contribution in [-0.4, -0.2) is 27.7 Å². The Kier molecular flexibility index (Phi) is 3.89. The Labute approximate surface area is 113 Å². The van der Waals surface area contributed by atoms with Crippen molar-refractivity contribution in [3.63, 3.8) is 0 Å². The van der Waals surface area contributed by atoms with Crippen molar-refractivity contribution in [1.29, 1.82) is 0 Å². The van der Waals surface area contributed by atoms with Gasteiger partial charge in [0.2, 0.25) is 0 Å². The largest absolute Gasteiger partial charge is 0.316 e. The molecule has 0 spiro atoms. The molecule has 0 saturated heterocycles. The highest BCUT2D eigenvalue weighted by molar-refractivity contribution is 5.36. The van der Waals surface area contributed by atoms with Gasteiger partial charge in [0.25, 0.3) is 0 Å². The average molecular weight is 256 g/mol. The molecule has 0 bridgehead atoms. The van der Waals surface area contributed by atoms with E-state index in [1.807, 2.05) is 24.4 Å². The van der Waals surface area contributed by atoms with E-state index in [2.05, 4.69) is 32.1 Å². The molecule has 1 aliphatic carbocycles. The monoisotopic (exact) mass is 256 g/mol. The molecule has 2 aromatic rings. The summed E-state index contributed by atoms with van der Waals surface area (Å²) in [5.74, 6) is 1.84. The summed E-state index contributed by atoms with van der Waals surface area (Å²) in [4.78, 5) is 0. The second-order valence-electron chi connectivity index (χ2n) is 5.15. The van der Waals surface area contributed by atoms with Gasteiger partial charge in [0.05, 0.1) is 0 Å². The first-order valence-corrected chi connectivity index (χ1v) is 7.08. The number of fused-ring (bicyclic) bond motifs is 1. The molecule has 19 heavy (non-hydrogen) atoms. The van der Waals surface area contributed by atoms with Gasteiger partial charge in [-0.1, -0.05) is 18.2 Å². The van der Waals surface area contributed by atoms with Crippen LogP contribution in [-0.2, 0) is 6.42 Å². The van der Waals surface area contributed by atoms with Crippen LogP contribution < -0.4 is 5.32 Å². The Morgan fingerprint density at radius 3 is 3.16 bits per heavy atom. The van der Waals surface area contributed by atoms with Gasteiger partial charge >= 0.3 is 0 Å². The Balaban J connectivity index is 1.48. The lowest BCUT2D eigenvalue weighted by Crippen LogP contribution is -2.25. The Morgan fingerprint density at radius 1 is 1.26 bits per heavy atom. The molecule has 0 fully saturated rings. The van der Waals surface area contributed by atoms with E-state index in [9.17, 15) is 0 Å². The van der Waals surface area contributed by atoms with Crippen LogP contribution in [0.4, 0.5) is 0 Å². The zero-order chi connectivity index (χ0) is 12.9. The first-order chi connectivity index (χ1) is 9.43. The molecule has 4 heteroatoms. The van der Waals surface area contributed by atoms with Crippen LogP contribution in [0.25, 0.3) is 5.65 Å². The number of rotatable bonds is 5. The van der Waals surface area contributed by atoms with Crippen molar-refractivity contribution in [1.82, 2.24) is 19.9 Å². The summed E-state index contributed by atoms with van der Waals surface area (Å²) in [5, 5.41) is 11.9. The van der Waals surface area contributed by atoms with Gasteiger partial charge in [0.1, 0.15) is 5.82 Å². The summed E-state index contributed by atoms with van der Waals surface area (Å²) in [6, 6.07) is 5.99. The van der Waals surface area contributed by atoms with Crippen molar-refractivity contribution < 1.29 is 0 Å². The second-order valence-corrected chi connectivity index (χ2v) is 5.15. The highest BCUT2D eigenvalue weighted by Crippen LogP contribution is 2.16. The summed E-state index contributed by atoms with van der Waals surface area (Å²) < 4.78 is 2.06. The second kappa shape index (κ2) is 5.97. The van der Waals surface area contributed by atoms with Gasteiger partial charge in [-0.05, 0) is 43.9 Å². The highest BCUT2D eigenvalue weighted by atomic mass is 15.2. The van der Waals surface area contributed by atoms with E-state index in [0.717, 1.165) is 36.9 Å². The molecule has 4 nitrogen and oxygen atoms in total. The summed E-state index contributed by atoms with van der Waals surface area (Å²) in [6.07, 6.45) is 11.3. The van der Waals surface area contributed by atoms with Crippen LogP contribution >= 0.6 is 0 Å². The highest BCUT2D eigenvalue weighted by Gasteiger charge is 2.09. The van der Waals surface area contributed by atoms with Crippen molar-refractivity contribution in [2.75, 3.05) is 13.1 Å². The molecule has 0 radical (unpaired) electrons. The number of pyridine rings is 1. The van der Waals surface area contributed by atoms with Crippen LogP contribution in [0, 0.1) is 5.92 Å². The first kappa shape index (κ1) is 12.4. The maximum atomic E-state index is 4.24. The van der Waals surface area contributed by atoms with Crippen molar-refractivity contribution in [2.24, 2.45) is 5.92 Å². The standard InChI is InChI=1S/C15H20N4/c1-2-6-13(7-3-1)12-16-10-9-15-18-17-14-8-4-5-11-19(14)15/h1-2,4-5,8,11,13,16H,3,6-7,9-10,12H2. The van der Waals surface area contributed by atoms with Gasteiger partial charge in [0.15, 0.2) is 5.65 Å². The van der Waals surface area contributed by atoms with Gasteiger partial charge in [-0.3, -0.25) is 4.40 Å². The number of nitrogens with zero attached hydrogens (tertiary/aromatic N) is 3. The minimum atomic E-state index is 0.806. The molecule has 3 rings (SSSR count). The Hall–Kier alpha value is -1.68. The van der Waals surface area contributed by atoms with Gasteiger partial charge < -0.3 is 5.32 Å². The fraction of sp³-hybridized carbons (Fsp3) is 0.467. The van der Waals surface area contributed by atoms with E-state index in [1.165, 1.54) is 19.3 Å². The van der Waals surface area contributed by atoms with Gasteiger partial charge in [-0.2, -0.15) is 0 Å². The average Bonchev–Trinajstić information content (AvgIpc) is 2.88. The molecule has 1 aliphatic rings. The predicted octanol–water partition coefficient (Wildman–Crippen LogP) is 2.22. The fourth-order valence-corrected chi connectivity index (χ4v) is 2.61. The van der Waals surface area contributed by atoms with Gasteiger partial charge in [0, 0.05) is 19.2 Å². The van der Waals surface area contributed by atoms with Crippen molar-refractivity contribution in [3.8, 4) is 0 Å². The van der Waals surface area contributed by atoms with E-state index >= 15 is 0 Å². The van der Waals surface area contributed by atoms with E-state index in [-0.39, 0.29) is 0 Å². The zero-order valence-corrected chi connectivity index (χ0v) is 11.1. The van der Waals surface area contributed by atoms with Gasteiger partial charge in [-0.15, -0.1) is 10.2 Å². The quantitative estimate of drug-likeness (QED) is 0.659. The van der Waals surface area contributed by atoms with Crippen LogP contribution in [0.2, 0.25) is 0 Å². The third-order valence-corrected chi connectivity index (χ3v) is 3.72. The van der Waals surface area contributed by atoms with Crippen LogP contribution in [0.3, 0.4) is 0 Å². The third-order valence-electron chi connectivity index (χ3n) is 3.72. The summed E-state index contributed by atoms with van der Waals surface area (Å²) in [5.41, 5.74) is 0.926. The number of aromatic nitrogens is 3. The molecular formula is C15H20N4. The maximum absolute atomic E-state index is 4.24. The summed E-state index contributed by atoms with van der Waals surface area (Å²) >= 11 is 0. The summed E-state index contributed by atoms with van der Waals surface area (Å²) in [6.45, 7) is 2.08. The lowest BCUT2D eigenvalue weighted by Gasteiger charge is -2.17. The van der Waals surface area contributed by atoms with Gasteiger partial charge in [-0.25, -0.2) is 0 Å². The molecule has 0 amide bonds. The Bertz CT molecular complexity index is 558. The molecule has 1 N–H and O–H groups in total. The van der Waals surface area contributed by atoms with Crippen molar-refractivity contribution in [2.45, 2.75) is 25.7 Å². The number of nitrogens with one attached hydrogen (secondary N) is 1. The van der Waals surface area contributed by atoms with Crippen LogP contribution in [0.1, 0.15) is 25.1 Å². The van der Waals surface area contributed by atoms with E-state index in [1.54, 1.807) is 0 Å². The first-order valence-electron chi connectivity index (χ1n) is 7.08. The Morgan fingerprint density at radius 2 is 2.26 bits per heavy atom. The molecule has 1 unspecified atom stereocenters. The smallest absolute Gasteiger partial charge is 0.160 e. The molecule has 2 aromatic heterocycles. The SMILES string of the molecule is C1=CCC(CNCCc2nnc3ccccn23)CC1. The number of allylic oxidation sites excluding steroid dienone is 2. The molecule has 100 valence electrons. The zero-order valence-electron chi connectivity index (χ0n) is 11.1. The number of hydrogen-bond donors (Lipinski definition) is 1. The molecular weight excluding hydrogens is 236 g/mol. The van der Waals surface area contributed by atoms with E-state index < -0.39 is 0 Å². The van der Waals surface area contributed by atoms with Crippen molar-refractivity contribution in [3.05, 3.63) is 42.4 Å². The molecule has 0 saturated carbocycles. The fourth-order valence-electron chi connectivity index (χ4n) is 2.61. The van der Waals surface area contributed by atoms with E-state index in [0.29, 0.717) is 0 Å². The topological polar surface area (TPSA) is 42.2 Å². The molecule has 2 heterocycles. The lowest BCUT2D eigenvalue weighted by atomic mass is 9.94. The summed E-state index contributed by atoms with van der Waals surface area (Å²) in [7, 11) is 0. The maximum Gasteiger partial charge on any atom is 0.160 e. The predicted molar refractivity (Wildman–Crippen MR) is 76.0 cm³/mol. The molecule has 0 aliphatic heterocycles. The third kappa shape index (κ3) is 3.01. The minimum absolute atomic E-state index is 0.806. The van der Waals surface area contributed by atoms with Crippen molar-refractivity contribution >= 4 is 5.65 Å². The van der Waals surface area contributed by atoms with Crippen LogP contribution in [0.5, 0.6) is 0 Å². The van der Waals surface area contributed by atoms with E-state index in [4.69, 9.17) is 0 Å². The lowest BCUT2D eigenvalue weighted by molar-refractivity contribution is 0.441. The normalized spacial score (nSPS) is 19.1. The van der Waals surface area contributed by atoms with Crippen LogP contribution in [0.15, 0.2) is 36.5 Å². The molecule has 0 aromatic carbocycles. The molecule has 1 atom stereocenters. The number of hydrogen-bond acceptors (Lipinski definition) is 3.